The fourth-order valence-electron chi connectivity index (χ4n) is 2.54. The van der Waals surface area contributed by atoms with Crippen LogP contribution < -0.4 is 0 Å². The molecule has 1 aromatic heterocycles. The SMILES string of the molecule is CCN(CC)C(=O)C1CCc2nc(Cl)nc(Cl)c2C1. The molecule has 1 atom stereocenters. The van der Waals surface area contributed by atoms with Crippen molar-refractivity contribution in [3.05, 3.63) is 21.7 Å². The van der Waals surface area contributed by atoms with E-state index in [0.717, 1.165) is 37.2 Å². The summed E-state index contributed by atoms with van der Waals surface area (Å²) in [6.45, 7) is 5.47. The highest BCUT2D eigenvalue weighted by molar-refractivity contribution is 6.32. The van der Waals surface area contributed by atoms with Crippen LogP contribution in [0.25, 0.3) is 0 Å². The van der Waals surface area contributed by atoms with Crippen molar-refractivity contribution in [1.82, 2.24) is 14.9 Å². The molecule has 1 aliphatic carbocycles. The molecular formula is C13H17Cl2N3O. The van der Waals surface area contributed by atoms with Crippen LogP contribution in [-0.4, -0.2) is 33.9 Å². The molecule has 0 radical (unpaired) electrons. The summed E-state index contributed by atoms with van der Waals surface area (Å²) < 4.78 is 0. The first kappa shape index (κ1) is 14.5. The minimum atomic E-state index is -0.0188. The summed E-state index contributed by atoms with van der Waals surface area (Å²) in [7, 11) is 0. The van der Waals surface area contributed by atoms with Crippen molar-refractivity contribution < 1.29 is 4.79 Å². The largest absolute Gasteiger partial charge is 0.343 e. The molecule has 6 heteroatoms. The van der Waals surface area contributed by atoms with E-state index in [4.69, 9.17) is 23.2 Å². The number of nitrogens with zero attached hydrogens (tertiary/aromatic N) is 3. The maximum atomic E-state index is 12.4. The quantitative estimate of drug-likeness (QED) is 0.637. The van der Waals surface area contributed by atoms with Gasteiger partial charge in [-0.3, -0.25) is 4.79 Å². The van der Waals surface area contributed by atoms with Crippen LogP contribution in [0.4, 0.5) is 0 Å². The number of fused-ring (bicyclic) bond motifs is 1. The summed E-state index contributed by atoms with van der Waals surface area (Å²) in [5.41, 5.74) is 1.76. The van der Waals surface area contributed by atoms with Crippen LogP contribution in [0, 0.1) is 5.92 Å². The molecule has 0 saturated heterocycles. The van der Waals surface area contributed by atoms with Gasteiger partial charge in [0.25, 0.3) is 0 Å². The summed E-state index contributed by atoms with van der Waals surface area (Å²) in [6.07, 6.45) is 2.14. The molecule has 19 heavy (non-hydrogen) atoms. The zero-order chi connectivity index (χ0) is 14.0. The molecule has 104 valence electrons. The van der Waals surface area contributed by atoms with Gasteiger partial charge in [-0.05, 0) is 44.7 Å². The van der Waals surface area contributed by atoms with Crippen molar-refractivity contribution in [3.63, 3.8) is 0 Å². The molecule has 0 bridgehead atoms. The highest BCUT2D eigenvalue weighted by Crippen LogP contribution is 2.30. The van der Waals surface area contributed by atoms with Gasteiger partial charge in [-0.1, -0.05) is 11.6 Å². The minimum absolute atomic E-state index is 0.0188. The van der Waals surface area contributed by atoms with Crippen LogP contribution in [0.15, 0.2) is 0 Å². The van der Waals surface area contributed by atoms with Crippen molar-refractivity contribution in [2.45, 2.75) is 33.1 Å². The highest BCUT2D eigenvalue weighted by atomic mass is 35.5. The summed E-state index contributed by atoms with van der Waals surface area (Å²) in [5.74, 6) is 0.177. The van der Waals surface area contributed by atoms with Crippen molar-refractivity contribution in [3.8, 4) is 0 Å². The average Bonchev–Trinajstić information content (AvgIpc) is 2.39. The smallest absolute Gasteiger partial charge is 0.226 e. The molecule has 2 rings (SSSR count). The standard InChI is InChI=1S/C13H17Cl2N3O/c1-3-18(4-2)12(19)8-5-6-10-9(7-8)11(14)17-13(15)16-10/h8H,3-7H2,1-2H3. The lowest BCUT2D eigenvalue weighted by Gasteiger charge is -2.28. The molecule has 0 aliphatic heterocycles. The van der Waals surface area contributed by atoms with Gasteiger partial charge in [-0.2, -0.15) is 0 Å². The molecule has 0 aromatic carbocycles. The van der Waals surface area contributed by atoms with E-state index in [2.05, 4.69) is 9.97 Å². The van der Waals surface area contributed by atoms with E-state index < -0.39 is 0 Å². The molecule has 1 amide bonds. The summed E-state index contributed by atoms with van der Waals surface area (Å²) in [5, 5.41) is 0.560. The van der Waals surface area contributed by atoms with E-state index in [9.17, 15) is 4.79 Å². The molecule has 1 aliphatic rings. The number of carbonyl (C=O) groups is 1. The minimum Gasteiger partial charge on any atom is -0.343 e. The van der Waals surface area contributed by atoms with Gasteiger partial charge in [0.1, 0.15) is 5.15 Å². The summed E-state index contributed by atoms with van der Waals surface area (Å²) in [6, 6.07) is 0. The van der Waals surface area contributed by atoms with Crippen molar-refractivity contribution in [2.75, 3.05) is 13.1 Å². The van der Waals surface area contributed by atoms with Crippen molar-refractivity contribution in [1.29, 1.82) is 0 Å². The van der Waals surface area contributed by atoms with Gasteiger partial charge in [0.2, 0.25) is 11.2 Å². The second-order valence-corrected chi connectivity index (χ2v) is 5.36. The first-order valence-corrected chi connectivity index (χ1v) is 7.31. The lowest BCUT2D eigenvalue weighted by atomic mass is 9.86. The molecule has 1 unspecified atom stereocenters. The first-order valence-electron chi connectivity index (χ1n) is 6.56. The van der Waals surface area contributed by atoms with E-state index in [1.807, 2.05) is 18.7 Å². The van der Waals surface area contributed by atoms with Gasteiger partial charge in [0, 0.05) is 24.6 Å². The molecule has 0 spiro atoms. The van der Waals surface area contributed by atoms with Gasteiger partial charge in [-0.15, -0.1) is 0 Å². The predicted molar refractivity (Wildman–Crippen MR) is 75.5 cm³/mol. The first-order chi connectivity index (χ1) is 9.06. The molecule has 4 nitrogen and oxygen atoms in total. The number of halogens is 2. The van der Waals surface area contributed by atoms with Gasteiger partial charge >= 0.3 is 0 Å². The second-order valence-electron chi connectivity index (χ2n) is 4.66. The van der Waals surface area contributed by atoms with Crippen molar-refractivity contribution in [2.24, 2.45) is 5.92 Å². The topological polar surface area (TPSA) is 46.1 Å². The average molecular weight is 302 g/mol. The van der Waals surface area contributed by atoms with Crippen LogP contribution in [0.3, 0.4) is 0 Å². The second kappa shape index (κ2) is 6.06. The lowest BCUT2D eigenvalue weighted by molar-refractivity contribution is -0.135. The third-order valence-corrected chi connectivity index (χ3v) is 4.10. The van der Waals surface area contributed by atoms with E-state index in [0.29, 0.717) is 11.6 Å². The highest BCUT2D eigenvalue weighted by Gasteiger charge is 2.29. The molecule has 0 N–H and O–H groups in total. The maximum Gasteiger partial charge on any atom is 0.226 e. The molecule has 0 fully saturated rings. The third-order valence-electron chi connectivity index (χ3n) is 3.62. The Hall–Kier alpha value is -0.870. The number of hydrogen-bond donors (Lipinski definition) is 0. The monoisotopic (exact) mass is 301 g/mol. The van der Waals surface area contributed by atoms with Gasteiger partial charge in [0.15, 0.2) is 0 Å². The third kappa shape index (κ3) is 3.00. The predicted octanol–water partition coefficient (Wildman–Crippen LogP) is 2.76. The zero-order valence-corrected chi connectivity index (χ0v) is 12.6. The Kier molecular flexibility index (Phi) is 4.63. The molecule has 1 heterocycles. The van der Waals surface area contributed by atoms with Crippen LogP contribution >= 0.6 is 23.2 Å². The number of rotatable bonds is 3. The Bertz CT molecular complexity index is 489. The molecule has 1 aromatic rings. The summed E-state index contributed by atoms with van der Waals surface area (Å²) >= 11 is 11.9. The zero-order valence-electron chi connectivity index (χ0n) is 11.1. The molecule has 0 saturated carbocycles. The Morgan fingerprint density at radius 1 is 1.32 bits per heavy atom. The Morgan fingerprint density at radius 2 is 2.00 bits per heavy atom. The van der Waals surface area contributed by atoms with Crippen LogP contribution in [0.1, 0.15) is 31.5 Å². The Morgan fingerprint density at radius 3 is 2.63 bits per heavy atom. The van der Waals surface area contributed by atoms with Crippen molar-refractivity contribution >= 4 is 29.1 Å². The number of hydrogen-bond acceptors (Lipinski definition) is 3. The number of carbonyl (C=O) groups excluding carboxylic acids is 1. The fourth-order valence-corrected chi connectivity index (χ4v) is 3.04. The van der Waals surface area contributed by atoms with Gasteiger partial charge in [-0.25, -0.2) is 9.97 Å². The van der Waals surface area contributed by atoms with E-state index in [1.54, 1.807) is 0 Å². The molecular weight excluding hydrogens is 285 g/mol. The Labute approximate surface area is 123 Å². The lowest BCUT2D eigenvalue weighted by Crippen LogP contribution is -2.38. The number of aromatic nitrogens is 2. The van der Waals surface area contributed by atoms with E-state index >= 15 is 0 Å². The maximum absolute atomic E-state index is 12.4. The van der Waals surface area contributed by atoms with Crippen LogP contribution in [-0.2, 0) is 17.6 Å². The van der Waals surface area contributed by atoms with Crippen LogP contribution in [0.2, 0.25) is 10.4 Å². The van der Waals surface area contributed by atoms with Crippen LogP contribution in [0.5, 0.6) is 0 Å². The Balaban J connectivity index is 2.20. The summed E-state index contributed by atoms with van der Waals surface area (Å²) in [4.78, 5) is 22.4. The van der Waals surface area contributed by atoms with E-state index in [1.165, 1.54) is 0 Å². The number of amides is 1. The normalized spacial score (nSPS) is 18.0. The number of aryl methyl sites for hydroxylation is 1. The fraction of sp³-hybridized carbons (Fsp3) is 0.615. The van der Waals surface area contributed by atoms with E-state index in [-0.39, 0.29) is 17.1 Å². The van der Waals surface area contributed by atoms with Gasteiger partial charge < -0.3 is 4.90 Å². The van der Waals surface area contributed by atoms with Gasteiger partial charge in [0.05, 0.1) is 5.69 Å².